The fourth-order valence-corrected chi connectivity index (χ4v) is 3.95. The Morgan fingerprint density at radius 2 is 1.79 bits per heavy atom. The quantitative estimate of drug-likeness (QED) is 0.755. The molecule has 0 saturated carbocycles. The second-order valence-corrected chi connectivity index (χ2v) is 8.45. The molecule has 2 rings (SSSR count). The molecule has 10 heteroatoms. The number of nitrogens with one attached hydrogen (secondary N) is 1. The SMILES string of the molecule is Cc1c(Cl)cccc1NC(=O)C(C)N(c1cccc(C(F)(F)F)c1)S(C)(=O)=O. The fraction of sp³-hybridized carbons (Fsp3) is 0.278. The van der Waals surface area contributed by atoms with E-state index in [2.05, 4.69) is 5.32 Å². The molecule has 2 aromatic rings. The van der Waals surface area contributed by atoms with Gasteiger partial charge in [-0.2, -0.15) is 13.2 Å². The van der Waals surface area contributed by atoms with E-state index in [4.69, 9.17) is 11.6 Å². The van der Waals surface area contributed by atoms with Crippen LogP contribution >= 0.6 is 11.6 Å². The Kier molecular flexibility index (Phi) is 6.30. The van der Waals surface area contributed by atoms with Crippen molar-refractivity contribution in [2.75, 3.05) is 15.9 Å². The zero-order valence-corrected chi connectivity index (χ0v) is 16.8. The van der Waals surface area contributed by atoms with Crippen LogP contribution in [0.4, 0.5) is 24.5 Å². The van der Waals surface area contributed by atoms with E-state index in [1.54, 1.807) is 25.1 Å². The van der Waals surface area contributed by atoms with Gasteiger partial charge < -0.3 is 5.32 Å². The average Bonchev–Trinajstić information content (AvgIpc) is 2.57. The van der Waals surface area contributed by atoms with Gasteiger partial charge in [0.1, 0.15) is 6.04 Å². The highest BCUT2D eigenvalue weighted by molar-refractivity contribution is 7.92. The normalized spacial score (nSPS) is 13.1. The number of anilines is 2. The first-order valence-electron chi connectivity index (χ1n) is 8.05. The van der Waals surface area contributed by atoms with Crippen molar-refractivity contribution in [3.05, 3.63) is 58.6 Å². The molecule has 0 aromatic heterocycles. The smallest absolute Gasteiger partial charge is 0.324 e. The summed E-state index contributed by atoms with van der Waals surface area (Å²) in [5, 5.41) is 2.97. The van der Waals surface area contributed by atoms with Gasteiger partial charge >= 0.3 is 6.18 Å². The predicted molar refractivity (Wildman–Crippen MR) is 103 cm³/mol. The van der Waals surface area contributed by atoms with Gasteiger partial charge in [-0.05, 0) is 49.7 Å². The number of amides is 1. The van der Waals surface area contributed by atoms with Crippen LogP contribution in [-0.4, -0.2) is 26.6 Å². The summed E-state index contributed by atoms with van der Waals surface area (Å²) in [7, 11) is -4.06. The first-order valence-corrected chi connectivity index (χ1v) is 10.3. The zero-order valence-electron chi connectivity index (χ0n) is 15.2. The van der Waals surface area contributed by atoms with E-state index < -0.39 is 33.7 Å². The number of alkyl halides is 3. The van der Waals surface area contributed by atoms with Gasteiger partial charge in [0.2, 0.25) is 15.9 Å². The molecule has 0 radical (unpaired) electrons. The van der Waals surface area contributed by atoms with Crippen LogP contribution in [0.15, 0.2) is 42.5 Å². The number of carbonyl (C=O) groups excluding carboxylic acids is 1. The van der Waals surface area contributed by atoms with Gasteiger partial charge in [-0.25, -0.2) is 8.42 Å². The minimum atomic E-state index is -4.65. The summed E-state index contributed by atoms with van der Waals surface area (Å²) in [5.74, 6) is -0.715. The minimum absolute atomic E-state index is 0.261. The Morgan fingerprint density at radius 3 is 2.36 bits per heavy atom. The van der Waals surface area contributed by atoms with Gasteiger partial charge in [0.25, 0.3) is 0 Å². The van der Waals surface area contributed by atoms with Crippen LogP contribution < -0.4 is 9.62 Å². The lowest BCUT2D eigenvalue weighted by Gasteiger charge is -2.29. The number of carbonyl (C=O) groups is 1. The van der Waals surface area contributed by atoms with E-state index in [1.807, 2.05) is 0 Å². The van der Waals surface area contributed by atoms with Crippen LogP contribution in [0.25, 0.3) is 0 Å². The molecule has 0 spiro atoms. The molecule has 0 fully saturated rings. The number of halogens is 4. The summed E-state index contributed by atoms with van der Waals surface area (Å²) in [5.41, 5.74) is -0.323. The molecule has 1 amide bonds. The summed E-state index contributed by atoms with van der Waals surface area (Å²) in [6.07, 6.45) is -3.83. The topological polar surface area (TPSA) is 66.5 Å². The minimum Gasteiger partial charge on any atom is -0.324 e. The lowest BCUT2D eigenvalue weighted by molar-refractivity contribution is -0.137. The number of nitrogens with zero attached hydrogens (tertiary/aromatic N) is 1. The lowest BCUT2D eigenvalue weighted by atomic mass is 10.1. The molecule has 0 heterocycles. The first-order chi connectivity index (χ1) is 12.8. The molecule has 1 N–H and O–H groups in total. The van der Waals surface area contributed by atoms with Crippen molar-refractivity contribution in [3.63, 3.8) is 0 Å². The van der Waals surface area contributed by atoms with Crippen LogP contribution in [0.1, 0.15) is 18.1 Å². The second-order valence-electron chi connectivity index (χ2n) is 6.18. The molecule has 0 bridgehead atoms. The lowest BCUT2D eigenvalue weighted by Crippen LogP contribution is -2.45. The zero-order chi connectivity index (χ0) is 21.3. The summed E-state index contributed by atoms with van der Waals surface area (Å²) < 4.78 is 64.2. The molecule has 0 aliphatic carbocycles. The van der Waals surface area contributed by atoms with Gasteiger partial charge in [-0.3, -0.25) is 9.10 Å². The van der Waals surface area contributed by atoms with E-state index in [0.717, 1.165) is 18.4 Å². The van der Waals surface area contributed by atoms with Crippen LogP contribution in [-0.2, 0) is 21.0 Å². The van der Waals surface area contributed by atoms with Crippen LogP contribution in [0.3, 0.4) is 0 Å². The monoisotopic (exact) mass is 434 g/mol. The predicted octanol–water partition coefficient (Wildman–Crippen LogP) is 4.46. The van der Waals surface area contributed by atoms with Gasteiger partial charge in [-0.1, -0.05) is 23.7 Å². The van der Waals surface area contributed by atoms with Crippen molar-refractivity contribution in [3.8, 4) is 0 Å². The Labute approximate surface area is 166 Å². The average molecular weight is 435 g/mol. The highest BCUT2D eigenvalue weighted by atomic mass is 35.5. The van der Waals surface area contributed by atoms with Crippen molar-refractivity contribution >= 4 is 38.9 Å². The van der Waals surface area contributed by atoms with Gasteiger partial charge in [0.15, 0.2) is 0 Å². The molecule has 2 aromatic carbocycles. The molecule has 1 unspecified atom stereocenters. The molecule has 0 aliphatic rings. The van der Waals surface area contributed by atoms with Gasteiger partial charge in [0, 0.05) is 10.7 Å². The van der Waals surface area contributed by atoms with Crippen LogP contribution in [0, 0.1) is 6.92 Å². The molecule has 1 atom stereocenters. The summed E-state index contributed by atoms with van der Waals surface area (Å²) in [4.78, 5) is 12.6. The van der Waals surface area contributed by atoms with Crippen molar-refractivity contribution in [2.24, 2.45) is 0 Å². The first kappa shape index (κ1) is 22.0. The maximum Gasteiger partial charge on any atom is 0.416 e. The highest BCUT2D eigenvalue weighted by Gasteiger charge is 2.34. The highest BCUT2D eigenvalue weighted by Crippen LogP contribution is 2.33. The van der Waals surface area contributed by atoms with Crippen molar-refractivity contribution in [1.29, 1.82) is 0 Å². The van der Waals surface area contributed by atoms with Gasteiger partial charge in [-0.15, -0.1) is 0 Å². The van der Waals surface area contributed by atoms with E-state index >= 15 is 0 Å². The molecule has 0 saturated heterocycles. The summed E-state index contributed by atoms with van der Waals surface area (Å²) in [6.45, 7) is 2.96. The number of hydrogen-bond acceptors (Lipinski definition) is 3. The van der Waals surface area contributed by atoms with Crippen molar-refractivity contribution < 1.29 is 26.4 Å². The number of sulfonamides is 1. The third-order valence-corrected chi connectivity index (χ3v) is 5.69. The third kappa shape index (κ3) is 4.96. The Hall–Kier alpha value is -2.26. The van der Waals surface area contributed by atoms with Crippen LogP contribution in [0.5, 0.6) is 0 Å². The maximum atomic E-state index is 13.0. The van der Waals surface area contributed by atoms with Crippen molar-refractivity contribution in [2.45, 2.75) is 26.1 Å². The van der Waals surface area contributed by atoms with E-state index in [9.17, 15) is 26.4 Å². The largest absolute Gasteiger partial charge is 0.416 e. The van der Waals surface area contributed by atoms with Crippen molar-refractivity contribution in [1.82, 2.24) is 0 Å². The van der Waals surface area contributed by atoms with Gasteiger partial charge in [0.05, 0.1) is 17.5 Å². The fourth-order valence-electron chi connectivity index (χ4n) is 2.61. The van der Waals surface area contributed by atoms with E-state index in [-0.39, 0.29) is 5.69 Å². The Morgan fingerprint density at radius 1 is 1.18 bits per heavy atom. The maximum absolute atomic E-state index is 13.0. The second kappa shape index (κ2) is 8.00. The molecule has 0 aliphatic heterocycles. The summed E-state index contributed by atoms with van der Waals surface area (Å²) in [6, 6.07) is 7.31. The number of rotatable bonds is 5. The molecule has 152 valence electrons. The van der Waals surface area contributed by atoms with Crippen LogP contribution in [0.2, 0.25) is 5.02 Å². The molecule has 28 heavy (non-hydrogen) atoms. The summed E-state index contributed by atoms with van der Waals surface area (Å²) >= 11 is 6.00. The molecule has 5 nitrogen and oxygen atoms in total. The standard InChI is InChI=1S/C18H18ClF3N2O3S/c1-11-15(19)8-5-9-16(11)23-17(25)12(2)24(28(3,26)27)14-7-4-6-13(10-14)18(20,21)22/h4-10,12H,1-3H3,(H,23,25). The molecular formula is C18H18ClF3N2O3S. The Balaban J connectivity index is 2.41. The number of hydrogen-bond donors (Lipinski definition) is 1. The molecular weight excluding hydrogens is 417 g/mol. The van der Waals surface area contributed by atoms with E-state index in [0.29, 0.717) is 26.6 Å². The van der Waals surface area contributed by atoms with E-state index in [1.165, 1.54) is 13.0 Å². The number of benzene rings is 2. The Bertz CT molecular complexity index is 994. The third-order valence-electron chi connectivity index (χ3n) is 4.04.